The fraction of sp³-hybridized carbons (Fsp3) is 0.444. The second kappa shape index (κ2) is 9.08. The molecule has 0 radical (unpaired) electrons. The summed E-state index contributed by atoms with van der Waals surface area (Å²) in [4.78, 5) is 11.9. The molecule has 0 fully saturated rings. The Bertz CT molecular complexity index is 652. The summed E-state index contributed by atoms with van der Waals surface area (Å²) in [6.07, 6.45) is 1.20. The number of rotatable bonds is 9. The zero-order valence-electron chi connectivity index (χ0n) is 14.4. The number of methoxy groups -OCH3 is 1. The Morgan fingerprint density at radius 1 is 1.33 bits per heavy atom. The Labute approximate surface area is 142 Å². The second-order valence-electron chi connectivity index (χ2n) is 5.71. The van der Waals surface area contributed by atoms with E-state index in [1.54, 1.807) is 13.2 Å². The van der Waals surface area contributed by atoms with E-state index in [4.69, 9.17) is 14.0 Å². The third kappa shape index (κ3) is 5.70. The fourth-order valence-electron chi connectivity index (χ4n) is 2.15. The molecule has 1 aromatic heterocycles. The maximum Gasteiger partial charge on any atom is 0.226 e. The highest BCUT2D eigenvalue weighted by Gasteiger charge is 2.11. The molecule has 0 saturated heterocycles. The van der Waals surface area contributed by atoms with Gasteiger partial charge in [0.15, 0.2) is 5.76 Å². The molecule has 2 aromatic rings. The van der Waals surface area contributed by atoms with Gasteiger partial charge in [0.05, 0.1) is 25.3 Å². The summed E-state index contributed by atoms with van der Waals surface area (Å²) in [6, 6.07) is 9.27. The molecule has 6 heteroatoms. The third-order valence-electron chi connectivity index (χ3n) is 3.35. The van der Waals surface area contributed by atoms with Gasteiger partial charge in [-0.2, -0.15) is 0 Å². The molecule has 0 saturated carbocycles. The van der Waals surface area contributed by atoms with Gasteiger partial charge >= 0.3 is 0 Å². The molecule has 1 amide bonds. The van der Waals surface area contributed by atoms with E-state index < -0.39 is 0 Å². The topological polar surface area (TPSA) is 73.6 Å². The normalized spacial score (nSPS) is 10.8. The van der Waals surface area contributed by atoms with Crippen molar-refractivity contribution in [2.75, 3.05) is 20.3 Å². The van der Waals surface area contributed by atoms with Crippen molar-refractivity contribution < 1.29 is 18.8 Å². The van der Waals surface area contributed by atoms with Crippen LogP contribution < -0.4 is 10.1 Å². The smallest absolute Gasteiger partial charge is 0.226 e. The number of aromatic nitrogens is 1. The van der Waals surface area contributed by atoms with Crippen molar-refractivity contribution >= 4 is 5.91 Å². The van der Waals surface area contributed by atoms with Gasteiger partial charge in [-0.15, -0.1) is 0 Å². The van der Waals surface area contributed by atoms with Gasteiger partial charge in [-0.3, -0.25) is 4.79 Å². The highest BCUT2D eigenvalue weighted by Crippen LogP contribution is 2.24. The van der Waals surface area contributed by atoms with E-state index in [2.05, 4.69) is 10.5 Å². The van der Waals surface area contributed by atoms with Crippen LogP contribution in [-0.4, -0.2) is 37.4 Å². The van der Waals surface area contributed by atoms with E-state index in [0.29, 0.717) is 24.6 Å². The summed E-state index contributed by atoms with van der Waals surface area (Å²) in [5.74, 6) is 1.28. The standard InChI is InChI=1S/C18H24N2O4/c1-13(2)23-9-5-8-19-18(21)12-15-11-17(24-20-15)14-6-4-7-16(10-14)22-3/h4,6-7,10-11,13H,5,8-9,12H2,1-3H3,(H,19,21). The quantitative estimate of drug-likeness (QED) is 0.715. The minimum absolute atomic E-state index is 0.0787. The monoisotopic (exact) mass is 332 g/mol. The van der Waals surface area contributed by atoms with Crippen molar-refractivity contribution in [3.05, 3.63) is 36.0 Å². The molecule has 0 spiro atoms. The summed E-state index contributed by atoms with van der Waals surface area (Å²) in [5.41, 5.74) is 1.46. The second-order valence-corrected chi connectivity index (χ2v) is 5.71. The van der Waals surface area contributed by atoms with Gasteiger partial charge in [-0.25, -0.2) is 0 Å². The molecule has 0 aliphatic heterocycles. The zero-order valence-corrected chi connectivity index (χ0v) is 14.4. The highest BCUT2D eigenvalue weighted by atomic mass is 16.5. The van der Waals surface area contributed by atoms with Gasteiger partial charge in [-0.05, 0) is 32.4 Å². The molecule has 1 heterocycles. The summed E-state index contributed by atoms with van der Waals surface area (Å²) >= 11 is 0. The molecule has 0 unspecified atom stereocenters. The van der Waals surface area contributed by atoms with Crippen LogP contribution in [0, 0.1) is 0 Å². The number of benzene rings is 1. The molecule has 24 heavy (non-hydrogen) atoms. The number of nitrogens with one attached hydrogen (secondary N) is 1. The predicted octanol–water partition coefficient (Wildman–Crippen LogP) is 2.82. The lowest BCUT2D eigenvalue weighted by Gasteiger charge is -2.07. The molecular formula is C18H24N2O4. The van der Waals surface area contributed by atoms with Crippen molar-refractivity contribution in [3.8, 4) is 17.1 Å². The van der Waals surface area contributed by atoms with Crippen LogP contribution in [0.25, 0.3) is 11.3 Å². The van der Waals surface area contributed by atoms with Gasteiger partial charge in [0.25, 0.3) is 0 Å². The van der Waals surface area contributed by atoms with Crippen LogP contribution in [0.5, 0.6) is 5.75 Å². The average Bonchev–Trinajstić information content (AvgIpc) is 3.02. The lowest BCUT2D eigenvalue weighted by atomic mass is 10.1. The van der Waals surface area contributed by atoms with E-state index in [-0.39, 0.29) is 18.4 Å². The number of amides is 1. The van der Waals surface area contributed by atoms with E-state index in [9.17, 15) is 4.79 Å². The molecule has 0 aliphatic rings. The fourth-order valence-corrected chi connectivity index (χ4v) is 2.15. The molecule has 1 N–H and O–H groups in total. The molecule has 1 aromatic carbocycles. The maximum absolute atomic E-state index is 11.9. The van der Waals surface area contributed by atoms with E-state index in [1.165, 1.54) is 0 Å². The van der Waals surface area contributed by atoms with Crippen molar-refractivity contribution in [3.63, 3.8) is 0 Å². The summed E-state index contributed by atoms with van der Waals surface area (Å²) in [7, 11) is 1.61. The number of ether oxygens (including phenoxy) is 2. The Morgan fingerprint density at radius 2 is 2.17 bits per heavy atom. The molecule has 6 nitrogen and oxygen atoms in total. The van der Waals surface area contributed by atoms with Crippen LogP contribution >= 0.6 is 0 Å². The maximum atomic E-state index is 11.9. The van der Waals surface area contributed by atoms with E-state index >= 15 is 0 Å². The van der Waals surface area contributed by atoms with Crippen molar-refractivity contribution in [2.45, 2.75) is 32.8 Å². The number of nitrogens with zero attached hydrogens (tertiary/aromatic N) is 1. The first kappa shape index (κ1) is 18.0. The minimum Gasteiger partial charge on any atom is -0.497 e. The largest absolute Gasteiger partial charge is 0.497 e. The first-order valence-electron chi connectivity index (χ1n) is 8.07. The minimum atomic E-state index is -0.0787. The molecule has 2 rings (SSSR count). The SMILES string of the molecule is COc1cccc(-c2cc(CC(=O)NCCCOC(C)C)no2)c1. The molecule has 0 atom stereocenters. The highest BCUT2D eigenvalue weighted by molar-refractivity contribution is 5.78. The molecule has 0 bridgehead atoms. The third-order valence-corrected chi connectivity index (χ3v) is 3.35. The van der Waals surface area contributed by atoms with Crippen LogP contribution in [0.15, 0.2) is 34.9 Å². The number of hydrogen-bond acceptors (Lipinski definition) is 5. The van der Waals surface area contributed by atoms with Gasteiger partial charge in [-0.1, -0.05) is 17.3 Å². The predicted molar refractivity (Wildman–Crippen MR) is 90.9 cm³/mol. The van der Waals surface area contributed by atoms with Gasteiger partial charge in [0.2, 0.25) is 5.91 Å². The van der Waals surface area contributed by atoms with Crippen molar-refractivity contribution in [1.82, 2.24) is 10.5 Å². The first-order valence-corrected chi connectivity index (χ1v) is 8.07. The first-order chi connectivity index (χ1) is 11.6. The van der Waals surface area contributed by atoms with E-state index in [0.717, 1.165) is 17.7 Å². The van der Waals surface area contributed by atoms with Crippen molar-refractivity contribution in [1.29, 1.82) is 0 Å². The lowest BCUT2D eigenvalue weighted by Crippen LogP contribution is -2.27. The van der Waals surface area contributed by atoms with Gasteiger partial charge in [0.1, 0.15) is 5.75 Å². The van der Waals surface area contributed by atoms with Crippen LogP contribution in [0.1, 0.15) is 26.0 Å². The Balaban J connectivity index is 1.81. The number of carbonyl (C=O) groups excluding carboxylic acids is 1. The van der Waals surface area contributed by atoms with Crippen LogP contribution in [0.3, 0.4) is 0 Å². The Hall–Kier alpha value is -2.34. The zero-order chi connectivity index (χ0) is 17.4. The summed E-state index contributed by atoms with van der Waals surface area (Å²) in [6.45, 7) is 5.21. The molecule has 130 valence electrons. The Kier molecular flexibility index (Phi) is 6.81. The Morgan fingerprint density at radius 3 is 2.92 bits per heavy atom. The average molecular weight is 332 g/mol. The van der Waals surface area contributed by atoms with Crippen LogP contribution in [0.4, 0.5) is 0 Å². The van der Waals surface area contributed by atoms with E-state index in [1.807, 2.05) is 38.1 Å². The number of hydrogen-bond donors (Lipinski definition) is 1. The van der Waals surface area contributed by atoms with Gasteiger partial charge in [0, 0.05) is 24.8 Å². The van der Waals surface area contributed by atoms with Gasteiger partial charge < -0.3 is 19.3 Å². The van der Waals surface area contributed by atoms with Crippen LogP contribution in [-0.2, 0) is 16.0 Å². The van der Waals surface area contributed by atoms with Crippen molar-refractivity contribution in [2.24, 2.45) is 0 Å². The summed E-state index contributed by atoms with van der Waals surface area (Å²) < 4.78 is 15.9. The molecule has 0 aliphatic carbocycles. The number of carbonyl (C=O) groups is 1. The lowest BCUT2D eigenvalue weighted by molar-refractivity contribution is -0.120. The molecular weight excluding hydrogens is 308 g/mol. The summed E-state index contributed by atoms with van der Waals surface area (Å²) in [5, 5.41) is 6.81. The van der Waals surface area contributed by atoms with Crippen LogP contribution in [0.2, 0.25) is 0 Å².